The first-order valence-electron chi connectivity index (χ1n) is 6.04. The van der Waals surface area contributed by atoms with Crippen LogP contribution in [0.25, 0.3) is 5.76 Å². The summed E-state index contributed by atoms with van der Waals surface area (Å²) in [6.07, 6.45) is 0. The van der Waals surface area contributed by atoms with Crippen molar-refractivity contribution in [3.8, 4) is 5.75 Å². The largest absolute Gasteiger partial charge is 0.497 e. The highest BCUT2D eigenvalue weighted by molar-refractivity contribution is 9.13. The van der Waals surface area contributed by atoms with Gasteiger partial charge < -0.3 is 14.2 Å². The molecule has 0 aliphatic carbocycles. The molecule has 0 aromatic heterocycles. The van der Waals surface area contributed by atoms with Gasteiger partial charge in [-0.05, 0) is 56.1 Å². The minimum absolute atomic E-state index is 0.239. The molecule has 2 atom stereocenters. The molecule has 8 heteroatoms. The highest BCUT2D eigenvalue weighted by Crippen LogP contribution is 2.47. The summed E-state index contributed by atoms with van der Waals surface area (Å²) < 4.78 is 14.1. The van der Waals surface area contributed by atoms with Crippen LogP contribution in [0, 0.1) is 0 Å². The Morgan fingerprint density at radius 3 is 2.36 bits per heavy atom. The van der Waals surface area contributed by atoms with Crippen molar-refractivity contribution in [3.05, 3.63) is 34.3 Å². The number of esters is 1. The van der Waals surface area contributed by atoms with Crippen LogP contribution in [0.1, 0.15) is 5.56 Å². The number of hydrogen-bond donors (Lipinski definition) is 0. The zero-order valence-electron chi connectivity index (χ0n) is 11.6. The molecular formula is C14H11Br3O5. The maximum atomic E-state index is 12.5. The standard InChI is InChI=1S/C14H11Br3O5/c1-20-8-5-3-7(4-6-8)10-9(15)12(18)14(17,22-10)11(16)13(19)21-2/h3-6,11H,1-2H3/t11-,14+/m0/s1. The molecule has 0 fully saturated rings. The van der Waals surface area contributed by atoms with E-state index in [0.717, 1.165) is 0 Å². The topological polar surface area (TPSA) is 61.8 Å². The van der Waals surface area contributed by atoms with Gasteiger partial charge in [-0.3, -0.25) is 9.59 Å². The lowest BCUT2D eigenvalue weighted by atomic mass is 10.1. The zero-order chi connectivity index (χ0) is 16.5. The zero-order valence-corrected chi connectivity index (χ0v) is 16.3. The van der Waals surface area contributed by atoms with E-state index in [2.05, 4.69) is 52.5 Å². The second kappa shape index (κ2) is 6.72. The van der Waals surface area contributed by atoms with Crippen molar-refractivity contribution >= 4 is 65.3 Å². The summed E-state index contributed by atoms with van der Waals surface area (Å²) in [5, 5.41) is 0. The number of benzene rings is 1. The summed E-state index contributed by atoms with van der Waals surface area (Å²) in [6.45, 7) is 0. The minimum atomic E-state index is -1.56. The van der Waals surface area contributed by atoms with Crippen molar-refractivity contribution in [2.75, 3.05) is 14.2 Å². The quantitative estimate of drug-likeness (QED) is 0.470. The Morgan fingerprint density at radius 2 is 1.86 bits per heavy atom. The molecule has 118 valence electrons. The molecule has 0 amide bonds. The van der Waals surface area contributed by atoms with Crippen molar-refractivity contribution in [2.24, 2.45) is 0 Å². The van der Waals surface area contributed by atoms with Crippen molar-refractivity contribution < 1.29 is 23.8 Å². The second-order valence-corrected chi connectivity index (χ2v) is 7.22. The molecule has 1 aromatic rings. The van der Waals surface area contributed by atoms with Crippen LogP contribution >= 0.6 is 47.8 Å². The molecule has 0 radical (unpaired) electrons. The first-order valence-corrected chi connectivity index (χ1v) is 8.54. The van der Waals surface area contributed by atoms with Gasteiger partial charge in [0.2, 0.25) is 10.3 Å². The molecule has 0 N–H and O–H groups in total. The SMILES string of the molecule is COC(=O)[C@H](Br)[C@@]1(Br)OC(c2ccc(OC)cc2)=C(Br)C1=O. The normalized spacial score (nSPS) is 22.3. The summed E-state index contributed by atoms with van der Waals surface area (Å²) in [7, 11) is 2.80. The van der Waals surface area contributed by atoms with E-state index in [9.17, 15) is 9.59 Å². The molecule has 0 bridgehead atoms. The van der Waals surface area contributed by atoms with Gasteiger partial charge in [-0.2, -0.15) is 0 Å². The fourth-order valence-electron chi connectivity index (χ4n) is 1.84. The van der Waals surface area contributed by atoms with E-state index in [0.29, 0.717) is 17.1 Å². The Kier molecular flexibility index (Phi) is 5.34. The Hall–Kier alpha value is -0.860. The molecule has 0 spiro atoms. The molecule has 0 saturated carbocycles. The van der Waals surface area contributed by atoms with Crippen molar-refractivity contribution in [3.63, 3.8) is 0 Å². The number of alkyl halides is 2. The molecule has 0 saturated heterocycles. The van der Waals surface area contributed by atoms with Crippen LogP contribution in [-0.4, -0.2) is 35.3 Å². The van der Waals surface area contributed by atoms with Crippen LogP contribution in [0.4, 0.5) is 0 Å². The van der Waals surface area contributed by atoms with Crippen LogP contribution in [0.3, 0.4) is 0 Å². The van der Waals surface area contributed by atoms with Crippen LogP contribution in [-0.2, 0) is 19.1 Å². The number of ether oxygens (including phenoxy) is 3. The Labute approximate surface area is 152 Å². The van der Waals surface area contributed by atoms with E-state index in [1.165, 1.54) is 7.11 Å². The maximum absolute atomic E-state index is 12.5. The Morgan fingerprint density at radius 1 is 1.27 bits per heavy atom. The summed E-state index contributed by atoms with van der Waals surface area (Å²) in [5.74, 6) is -0.0205. The number of hydrogen-bond acceptors (Lipinski definition) is 5. The number of carbonyl (C=O) groups is 2. The van der Waals surface area contributed by atoms with Gasteiger partial charge >= 0.3 is 5.97 Å². The fourth-order valence-corrected chi connectivity index (χ4v) is 3.75. The lowest BCUT2D eigenvalue weighted by Crippen LogP contribution is -2.44. The highest BCUT2D eigenvalue weighted by atomic mass is 79.9. The van der Waals surface area contributed by atoms with E-state index in [1.807, 2.05) is 0 Å². The first kappa shape index (κ1) is 17.5. The summed E-state index contributed by atoms with van der Waals surface area (Å²) in [5.41, 5.74) is 0.673. The Balaban J connectivity index is 2.35. The van der Waals surface area contributed by atoms with E-state index < -0.39 is 21.1 Å². The average molecular weight is 499 g/mol. The predicted molar refractivity (Wildman–Crippen MR) is 91.3 cm³/mol. The van der Waals surface area contributed by atoms with E-state index in [4.69, 9.17) is 9.47 Å². The highest BCUT2D eigenvalue weighted by Gasteiger charge is 2.55. The van der Waals surface area contributed by atoms with Gasteiger partial charge in [0.05, 0.1) is 14.2 Å². The molecule has 1 aromatic carbocycles. The van der Waals surface area contributed by atoms with Crippen LogP contribution < -0.4 is 4.74 Å². The molecule has 5 nitrogen and oxygen atoms in total. The maximum Gasteiger partial charge on any atom is 0.325 e. The third-order valence-corrected chi connectivity index (χ3v) is 6.38. The van der Waals surface area contributed by atoms with Gasteiger partial charge in [0, 0.05) is 5.56 Å². The fraction of sp³-hybridized carbons (Fsp3) is 0.286. The molecule has 1 aliphatic heterocycles. The van der Waals surface area contributed by atoms with Crippen LogP contribution in [0.15, 0.2) is 28.7 Å². The number of ketones is 1. The molecule has 2 rings (SSSR count). The Bertz CT molecular complexity index is 640. The molecule has 1 heterocycles. The molecule has 22 heavy (non-hydrogen) atoms. The predicted octanol–water partition coefficient (Wildman–Crippen LogP) is 3.39. The monoisotopic (exact) mass is 496 g/mol. The number of halogens is 3. The van der Waals surface area contributed by atoms with Gasteiger partial charge in [-0.1, -0.05) is 15.9 Å². The molecule has 1 aliphatic rings. The molecular weight excluding hydrogens is 488 g/mol. The summed E-state index contributed by atoms with van der Waals surface area (Å²) in [6, 6.07) is 7.00. The third-order valence-electron chi connectivity index (χ3n) is 3.05. The average Bonchev–Trinajstić information content (AvgIpc) is 2.79. The third kappa shape index (κ3) is 2.96. The van der Waals surface area contributed by atoms with Gasteiger partial charge in [0.25, 0.3) is 0 Å². The van der Waals surface area contributed by atoms with Crippen molar-refractivity contribution in [1.29, 1.82) is 0 Å². The number of Topliss-reactive ketones (excluding diaryl/α,β-unsaturated/α-hetero) is 1. The van der Waals surface area contributed by atoms with Crippen LogP contribution in [0.2, 0.25) is 0 Å². The van der Waals surface area contributed by atoms with E-state index >= 15 is 0 Å². The lowest BCUT2D eigenvalue weighted by Gasteiger charge is -2.25. The number of carbonyl (C=O) groups excluding carboxylic acids is 2. The van der Waals surface area contributed by atoms with Gasteiger partial charge in [-0.15, -0.1) is 0 Å². The molecule has 0 unspecified atom stereocenters. The first-order chi connectivity index (χ1) is 10.3. The van der Waals surface area contributed by atoms with E-state index in [-0.39, 0.29) is 4.48 Å². The van der Waals surface area contributed by atoms with Crippen LogP contribution in [0.5, 0.6) is 5.75 Å². The number of rotatable bonds is 4. The van der Waals surface area contributed by atoms with Gasteiger partial charge in [0.15, 0.2) is 4.83 Å². The van der Waals surface area contributed by atoms with E-state index in [1.54, 1.807) is 31.4 Å². The summed E-state index contributed by atoms with van der Waals surface area (Å²) >= 11 is 9.58. The van der Waals surface area contributed by atoms with Crippen molar-refractivity contribution in [2.45, 2.75) is 9.34 Å². The number of methoxy groups -OCH3 is 2. The lowest BCUT2D eigenvalue weighted by molar-refractivity contribution is -0.144. The van der Waals surface area contributed by atoms with Crippen molar-refractivity contribution in [1.82, 2.24) is 0 Å². The van der Waals surface area contributed by atoms with Gasteiger partial charge in [0.1, 0.15) is 16.0 Å². The second-order valence-electron chi connectivity index (χ2n) is 4.33. The van der Waals surface area contributed by atoms with Gasteiger partial charge in [-0.25, -0.2) is 0 Å². The smallest absolute Gasteiger partial charge is 0.325 e. The minimum Gasteiger partial charge on any atom is -0.497 e. The summed E-state index contributed by atoms with van der Waals surface area (Å²) in [4.78, 5) is 23.2.